The third-order valence-corrected chi connectivity index (χ3v) is 3.23. The summed E-state index contributed by atoms with van der Waals surface area (Å²) in [5.41, 5.74) is 5.96. The minimum Gasteiger partial charge on any atom is -0.328 e. The fourth-order valence-corrected chi connectivity index (χ4v) is 2.37. The smallest absolute Gasteiger partial charge is 0.00842 e. The van der Waals surface area contributed by atoms with Crippen molar-refractivity contribution in [2.75, 3.05) is 0 Å². The first kappa shape index (κ1) is 12.0. The van der Waals surface area contributed by atoms with Crippen LogP contribution in [0.25, 0.3) is 0 Å². The van der Waals surface area contributed by atoms with Crippen molar-refractivity contribution < 1.29 is 0 Å². The lowest BCUT2D eigenvalue weighted by Gasteiger charge is -2.30. The molecular weight excluding hydrogens is 172 g/mol. The molecule has 3 unspecified atom stereocenters. The van der Waals surface area contributed by atoms with Gasteiger partial charge in [0.1, 0.15) is 0 Å². The number of hydrogen-bond acceptors (Lipinski definition) is 2. The van der Waals surface area contributed by atoms with Crippen LogP contribution in [0.15, 0.2) is 0 Å². The minimum absolute atomic E-state index is 0.444. The minimum atomic E-state index is 0.444. The molecule has 0 amide bonds. The third-order valence-electron chi connectivity index (χ3n) is 3.23. The first-order valence-corrected chi connectivity index (χ1v) is 6.24. The Labute approximate surface area is 88.6 Å². The van der Waals surface area contributed by atoms with Gasteiger partial charge in [-0.1, -0.05) is 26.2 Å². The Hall–Kier alpha value is -0.0800. The van der Waals surface area contributed by atoms with E-state index in [1.54, 1.807) is 0 Å². The number of nitrogens with one attached hydrogen (secondary N) is 1. The quantitative estimate of drug-likeness (QED) is 0.712. The van der Waals surface area contributed by atoms with Crippen LogP contribution in [0.2, 0.25) is 0 Å². The molecular formula is C12H26N2. The zero-order valence-electron chi connectivity index (χ0n) is 9.76. The van der Waals surface area contributed by atoms with Crippen LogP contribution in [0.5, 0.6) is 0 Å². The van der Waals surface area contributed by atoms with Crippen molar-refractivity contribution >= 4 is 0 Å². The number of unbranched alkanes of at least 4 members (excludes halogenated alkanes) is 1. The Balaban J connectivity index is 2.15. The highest BCUT2D eigenvalue weighted by Crippen LogP contribution is 2.17. The lowest BCUT2D eigenvalue weighted by molar-refractivity contribution is 0.309. The Morgan fingerprint density at radius 2 is 2.21 bits per heavy atom. The topological polar surface area (TPSA) is 38.0 Å². The first-order valence-electron chi connectivity index (χ1n) is 6.24. The van der Waals surface area contributed by atoms with Crippen molar-refractivity contribution in [1.82, 2.24) is 5.32 Å². The summed E-state index contributed by atoms with van der Waals surface area (Å²) in [6.45, 7) is 4.55. The molecule has 0 aliphatic heterocycles. The van der Waals surface area contributed by atoms with Gasteiger partial charge in [-0.3, -0.25) is 0 Å². The maximum atomic E-state index is 5.96. The van der Waals surface area contributed by atoms with Gasteiger partial charge < -0.3 is 11.1 Å². The van der Waals surface area contributed by atoms with Gasteiger partial charge in [-0.2, -0.15) is 0 Å². The molecule has 14 heavy (non-hydrogen) atoms. The number of hydrogen-bond donors (Lipinski definition) is 2. The zero-order valence-corrected chi connectivity index (χ0v) is 9.76. The summed E-state index contributed by atoms with van der Waals surface area (Å²) in [4.78, 5) is 0. The van der Waals surface area contributed by atoms with Gasteiger partial charge in [0.2, 0.25) is 0 Å². The summed E-state index contributed by atoms with van der Waals surface area (Å²) in [7, 11) is 0. The summed E-state index contributed by atoms with van der Waals surface area (Å²) in [6.07, 6.45) is 8.98. The molecule has 0 aromatic rings. The van der Waals surface area contributed by atoms with Gasteiger partial charge in [-0.15, -0.1) is 0 Å². The summed E-state index contributed by atoms with van der Waals surface area (Å²) in [5, 5.41) is 3.70. The van der Waals surface area contributed by atoms with Gasteiger partial charge >= 0.3 is 0 Å². The van der Waals surface area contributed by atoms with Crippen molar-refractivity contribution in [3.63, 3.8) is 0 Å². The molecule has 1 rings (SSSR count). The van der Waals surface area contributed by atoms with Crippen LogP contribution in [0.1, 0.15) is 58.8 Å². The van der Waals surface area contributed by atoms with Crippen molar-refractivity contribution in [2.24, 2.45) is 5.73 Å². The molecule has 1 aliphatic rings. The molecule has 2 nitrogen and oxygen atoms in total. The van der Waals surface area contributed by atoms with Crippen LogP contribution in [0, 0.1) is 0 Å². The van der Waals surface area contributed by atoms with Crippen LogP contribution in [-0.4, -0.2) is 18.1 Å². The second kappa shape index (κ2) is 6.41. The predicted molar refractivity (Wildman–Crippen MR) is 62.4 cm³/mol. The Kier molecular flexibility index (Phi) is 5.49. The maximum absolute atomic E-state index is 5.96. The van der Waals surface area contributed by atoms with E-state index in [1.807, 2.05) is 0 Å². The zero-order chi connectivity index (χ0) is 10.4. The van der Waals surface area contributed by atoms with Gasteiger partial charge in [-0.05, 0) is 32.6 Å². The average molecular weight is 198 g/mol. The van der Waals surface area contributed by atoms with Crippen molar-refractivity contribution in [1.29, 1.82) is 0 Å². The maximum Gasteiger partial charge on any atom is 0.00842 e. The summed E-state index contributed by atoms with van der Waals surface area (Å²) < 4.78 is 0. The van der Waals surface area contributed by atoms with E-state index in [2.05, 4.69) is 19.2 Å². The fraction of sp³-hybridized carbons (Fsp3) is 1.00. The summed E-state index contributed by atoms with van der Waals surface area (Å²) >= 11 is 0. The van der Waals surface area contributed by atoms with Crippen LogP contribution in [-0.2, 0) is 0 Å². The highest BCUT2D eigenvalue weighted by atomic mass is 14.9. The van der Waals surface area contributed by atoms with Gasteiger partial charge in [0.05, 0.1) is 0 Å². The molecule has 0 aromatic carbocycles. The van der Waals surface area contributed by atoms with Crippen molar-refractivity contribution in [3.8, 4) is 0 Å². The molecule has 3 N–H and O–H groups in total. The van der Waals surface area contributed by atoms with Gasteiger partial charge in [0, 0.05) is 18.1 Å². The van der Waals surface area contributed by atoms with E-state index in [9.17, 15) is 0 Å². The molecule has 0 saturated heterocycles. The SMILES string of the molecule is CCCCC(C)NC1CCCC(N)C1. The predicted octanol–water partition coefficient (Wildman–Crippen LogP) is 2.42. The molecule has 1 saturated carbocycles. The van der Waals surface area contributed by atoms with Gasteiger partial charge in [0.15, 0.2) is 0 Å². The van der Waals surface area contributed by atoms with Crippen LogP contribution < -0.4 is 11.1 Å². The van der Waals surface area contributed by atoms with E-state index in [-0.39, 0.29) is 0 Å². The molecule has 0 aromatic heterocycles. The average Bonchev–Trinajstić information content (AvgIpc) is 2.15. The molecule has 1 fully saturated rings. The lowest BCUT2D eigenvalue weighted by Crippen LogP contribution is -2.43. The normalized spacial score (nSPS) is 30.2. The number of nitrogens with two attached hydrogens (primary N) is 1. The Morgan fingerprint density at radius 3 is 2.86 bits per heavy atom. The Morgan fingerprint density at radius 1 is 1.43 bits per heavy atom. The van der Waals surface area contributed by atoms with E-state index < -0.39 is 0 Å². The molecule has 0 bridgehead atoms. The van der Waals surface area contributed by atoms with Crippen LogP contribution in [0.3, 0.4) is 0 Å². The second-order valence-corrected chi connectivity index (χ2v) is 4.83. The first-order chi connectivity index (χ1) is 6.72. The van der Waals surface area contributed by atoms with E-state index in [0.29, 0.717) is 18.1 Å². The molecule has 2 heteroatoms. The molecule has 1 aliphatic carbocycles. The molecule has 3 atom stereocenters. The molecule has 84 valence electrons. The van der Waals surface area contributed by atoms with E-state index in [1.165, 1.54) is 44.9 Å². The summed E-state index contributed by atoms with van der Waals surface area (Å²) in [5.74, 6) is 0. The monoisotopic (exact) mass is 198 g/mol. The van der Waals surface area contributed by atoms with E-state index in [0.717, 1.165) is 0 Å². The molecule has 0 heterocycles. The standard InChI is InChI=1S/C12H26N2/c1-3-4-6-10(2)14-12-8-5-7-11(13)9-12/h10-12,14H,3-9,13H2,1-2H3. The third kappa shape index (κ3) is 4.43. The highest BCUT2D eigenvalue weighted by Gasteiger charge is 2.19. The van der Waals surface area contributed by atoms with E-state index >= 15 is 0 Å². The van der Waals surface area contributed by atoms with Gasteiger partial charge in [0.25, 0.3) is 0 Å². The Bertz CT molecular complexity index is 147. The fourth-order valence-electron chi connectivity index (χ4n) is 2.37. The molecule has 0 spiro atoms. The second-order valence-electron chi connectivity index (χ2n) is 4.83. The van der Waals surface area contributed by atoms with Crippen molar-refractivity contribution in [2.45, 2.75) is 76.9 Å². The lowest BCUT2D eigenvalue weighted by atomic mass is 9.91. The van der Waals surface area contributed by atoms with Crippen molar-refractivity contribution in [3.05, 3.63) is 0 Å². The largest absolute Gasteiger partial charge is 0.328 e. The number of rotatable bonds is 5. The summed E-state index contributed by atoms with van der Waals surface area (Å²) in [6, 6.07) is 1.80. The highest BCUT2D eigenvalue weighted by molar-refractivity contribution is 4.81. The van der Waals surface area contributed by atoms with E-state index in [4.69, 9.17) is 5.73 Å². The van der Waals surface area contributed by atoms with Crippen LogP contribution in [0.4, 0.5) is 0 Å². The molecule has 0 radical (unpaired) electrons. The van der Waals surface area contributed by atoms with Crippen LogP contribution >= 0.6 is 0 Å². The van der Waals surface area contributed by atoms with Gasteiger partial charge in [-0.25, -0.2) is 0 Å².